The first-order valence-electron chi connectivity index (χ1n) is 3.65. The molecule has 2 N–H and O–H groups in total. The third kappa shape index (κ3) is 1.94. The summed E-state index contributed by atoms with van der Waals surface area (Å²) in [5.41, 5.74) is 5.42. The molecule has 0 saturated carbocycles. The van der Waals surface area contributed by atoms with Crippen LogP contribution >= 0.6 is 11.3 Å². The smallest absolute Gasteiger partial charge is 0.203 e. The highest BCUT2D eigenvalue weighted by Gasteiger charge is 1.95. The van der Waals surface area contributed by atoms with Gasteiger partial charge in [-0.3, -0.25) is 0 Å². The zero-order valence-electron chi connectivity index (χ0n) is 6.68. The van der Waals surface area contributed by atoms with Crippen LogP contribution in [0.4, 0.5) is 5.13 Å². The number of aromatic nitrogens is 2. The van der Waals surface area contributed by atoms with Gasteiger partial charge in [0.05, 0.1) is 6.26 Å². The van der Waals surface area contributed by atoms with Crippen LogP contribution in [0.1, 0.15) is 10.8 Å². The van der Waals surface area contributed by atoms with Crippen molar-refractivity contribution in [1.82, 2.24) is 10.2 Å². The highest BCUT2D eigenvalue weighted by molar-refractivity contribution is 7.15. The van der Waals surface area contributed by atoms with Crippen molar-refractivity contribution in [3.05, 3.63) is 29.2 Å². The standard InChI is InChI=1S/C8H7N3OS/c9-8-11-10-7(13-8)4-3-6-2-1-5-12-6/h1-5H,(H2,9,11). The molecule has 0 amide bonds. The van der Waals surface area contributed by atoms with Crippen LogP contribution in [0.3, 0.4) is 0 Å². The maximum absolute atomic E-state index is 5.42. The molecule has 4 nitrogen and oxygen atoms in total. The van der Waals surface area contributed by atoms with Gasteiger partial charge in [0.1, 0.15) is 10.8 Å². The van der Waals surface area contributed by atoms with Gasteiger partial charge in [0.2, 0.25) is 5.13 Å². The third-order valence-corrected chi connectivity index (χ3v) is 2.11. The first-order valence-corrected chi connectivity index (χ1v) is 4.47. The van der Waals surface area contributed by atoms with Gasteiger partial charge < -0.3 is 10.2 Å². The molecule has 2 rings (SSSR count). The van der Waals surface area contributed by atoms with Crippen molar-refractivity contribution >= 4 is 28.6 Å². The van der Waals surface area contributed by atoms with Crippen molar-refractivity contribution in [2.75, 3.05) is 5.73 Å². The molecule has 0 fully saturated rings. The average Bonchev–Trinajstić information content (AvgIpc) is 2.71. The van der Waals surface area contributed by atoms with Gasteiger partial charge in [-0.05, 0) is 24.3 Å². The Labute approximate surface area is 78.7 Å². The monoisotopic (exact) mass is 193 g/mol. The van der Waals surface area contributed by atoms with E-state index in [0.717, 1.165) is 10.8 Å². The zero-order valence-corrected chi connectivity index (χ0v) is 7.49. The number of anilines is 1. The molecule has 13 heavy (non-hydrogen) atoms. The molecule has 0 spiro atoms. The number of furan rings is 1. The molecule has 5 heteroatoms. The van der Waals surface area contributed by atoms with Gasteiger partial charge in [0, 0.05) is 0 Å². The predicted molar refractivity (Wildman–Crippen MR) is 52.0 cm³/mol. The van der Waals surface area contributed by atoms with Crippen molar-refractivity contribution in [3.8, 4) is 0 Å². The second kappa shape index (κ2) is 3.40. The van der Waals surface area contributed by atoms with Crippen molar-refractivity contribution in [1.29, 1.82) is 0 Å². The molecule has 0 bridgehead atoms. The number of hydrogen-bond donors (Lipinski definition) is 1. The minimum absolute atomic E-state index is 0.471. The Kier molecular flexibility index (Phi) is 2.09. The fourth-order valence-corrected chi connectivity index (χ4v) is 1.37. The van der Waals surface area contributed by atoms with E-state index in [-0.39, 0.29) is 0 Å². The first kappa shape index (κ1) is 8.00. The van der Waals surface area contributed by atoms with E-state index >= 15 is 0 Å². The van der Waals surface area contributed by atoms with E-state index in [4.69, 9.17) is 10.2 Å². The van der Waals surface area contributed by atoms with Crippen LogP contribution < -0.4 is 5.73 Å². The summed E-state index contributed by atoms with van der Waals surface area (Å²) in [6.45, 7) is 0. The van der Waals surface area contributed by atoms with Gasteiger partial charge in [0.25, 0.3) is 0 Å². The molecular weight excluding hydrogens is 186 g/mol. The topological polar surface area (TPSA) is 64.9 Å². The Balaban J connectivity index is 2.14. The van der Waals surface area contributed by atoms with Crippen LogP contribution in [0.5, 0.6) is 0 Å². The molecule has 0 radical (unpaired) electrons. The lowest BCUT2D eigenvalue weighted by molar-refractivity contribution is 0.557. The van der Waals surface area contributed by atoms with Gasteiger partial charge in [-0.2, -0.15) is 0 Å². The summed E-state index contributed by atoms with van der Waals surface area (Å²) in [5, 5.41) is 8.75. The minimum atomic E-state index is 0.471. The van der Waals surface area contributed by atoms with Crippen molar-refractivity contribution in [2.45, 2.75) is 0 Å². The first-order chi connectivity index (χ1) is 6.34. The Morgan fingerprint density at radius 3 is 2.92 bits per heavy atom. The number of nitrogens with zero attached hydrogens (tertiary/aromatic N) is 2. The number of rotatable bonds is 2. The normalized spacial score (nSPS) is 11.1. The Hall–Kier alpha value is -1.62. The molecular formula is C8H7N3OS. The summed E-state index contributed by atoms with van der Waals surface area (Å²) in [5.74, 6) is 0.786. The molecule has 2 aromatic heterocycles. The van der Waals surface area contributed by atoms with Crippen LogP contribution in [0.15, 0.2) is 22.8 Å². The fraction of sp³-hybridized carbons (Fsp3) is 0. The summed E-state index contributed by atoms with van der Waals surface area (Å²) in [6.07, 6.45) is 5.25. The summed E-state index contributed by atoms with van der Waals surface area (Å²) >= 11 is 1.34. The van der Waals surface area contributed by atoms with E-state index in [1.165, 1.54) is 11.3 Å². The Bertz CT molecular complexity index is 405. The summed E-state index contributed by atoms with van der Waals surface area (Å²) in [4.78, 5) is 0. The van der Waals surface area contributed by atoms with Crippen LogP contribution in [0, 0.1) is 0 Å². The molecule has 0 aliphatic rings. The number of hydrogen-bond acceptors (Lipinski definition) is 5. The lowest BCUT2D eigenvalue weighted by Gasteiger charge is -1.80. The third-order valence-electron chi connectivity index (χ3n) is 1.39. The number of nitrogen functional groups attached to an aromatic ring is 1. The summed E-state index contributed by atoms with van der Waals surface area (Å²) < 4.78 is 5.10. The molecule has 0 saturated heterocycles. The molecule has 0 aromatic carbocycles. The SMILES string of the molecule is Nc1nnc(C=Cc2ccco2)s1. The van der Waals surface area contributed by atoms with Gasteiger partial charge in [-0.15, -0.1) is 10.2 Å². The largest absolute Gasteiger partial charge is 0.465 e. The molecule has 0 aliphatic heterocycles. The molecule has 2 heterocycles. The van der Waals surface area contributed by atoms with E-state index in [2.05, 4.69) is 10.2 Å². The molecule has 0 aliphatic carbocycles. The highest BCUT2D eigenvalue weighted by atomic mass is 32.1. The van der Waals surface area contributed by atoms with Crippen molar-refractivity contribution in [2.24, 2.45) is 0 Å². The second-order valence-electron chi connectivity index (χ2n) is 2.33. The fourth-order valence-electron chi connectivity index (χ4n) is 0.853. The van der Waals surface area contributed by atoms with E-state index in [9.17, 15) is 0 Å². The molecule has 0 unspecified atom stereocenters. The van der Waals surface area contributed by atoms with E-state index in [1.54, 1.807) is 6.26 Å². The zero-order chi connectivity index (χ0) is 9.10. The average molecular weight is 193 g/mol. The predicted octanol–water partition coefficient (Wildman–Crippen LogP) is 1.88. The summed E-state index contributed by atoms with van der Waals surface area (Å²) in [6, 6.07) is 3.69. The molecule has 2 aromatic rings. The molecule has 0 atom stereocenters. The van der Waals surface area contributed by atoms with E-state index in [0.29, 0.717) is 5.13 Å². The van der Waals surface area contributed by atoms with Crippen molar-refractivity contribution < 1.29 is 4.42 Å². The molecule has 66 valence electrons. The van der Waals surface area contributed by atoms with Gasteiger partial charge in [0.15, 0.2) is 0 Å². The highest BCUT2D eigenvalue weighted by Crippen LogP contribution is 2.14. The van der Waals surface area contributed by atoms with Crippen LogP contribution in [-0.4, -0.2) is 10.2 Å². The maximum Gasteiger partial charge on any atom is 0.203 e. The quantitative estimate of drug-likeness (QED) is 0.790. The van der Waals surface area contributed by atoms with Gasteiger partial charge in [-0.1, -0.05) is 11.3 Å². The van der Waals surface area contributed by atoms with Gasteiger partial charge >= 0.3 is 0 Å². The van der Waals surface area contributed by atoms with Crippen molar-refractivity contribution in [3.63, 3.8) is 0 Å². The summed E-state index contributed by atoms with van der Waals surface area (Å²) in [7, 11) is 0. The Morgan fingerprint density at radius 2 is 2.31 bits per heavy atom. The van der Waals surface area contributed by atoms with E-state index in [1.807, 2.05) is 24.3 Å². The van der Waals surface area contributed by atoms with Crippen LogP contribution in [-0.2, 0) is 0 Å². The number of nitrogens with two attached hydrogens (primary N) is 1. The maximum atomic E-state index is 5.42. The second-order valence-corrected chi connectivity index (χ2v) is 3.37. The van der Waals surface area contributed by atoms with Gasteiger partial charge in [-0.25, -0.2) is 0 Å². The lowest BCUT2D eigenvalue weighted by Crippen LogP contribution is -1.79. The van der Waals surface area contributed by atoms with Crippen LogP contribution in [0.25, 0.3) is 12.2 Å². The van der Waals surface area contributed by atoms with Crippen LogP contribution in [0.2, 0.25) is 0 Å². The lowest BCUT2D eigenvalue weighted by atomic mass is 10.4. The Morgan fingerprint density at radius 1 is 1.38 bits per heavy atom. The minimum Gasteiger partial charge on any atom is -0.465 e. The van der Waals surface area contributed by atoms with E-state index < -0.39 is 0 Å².